The number of carbonyl (C=O) groups excluding carboxylic acids is 2. The van der Waals surface area contributed by atoms with Gasteiger partial charge in [-0.2, -0.15) is 0 Å². The van der Waals surface area contributed by atoms with Crippen LogP contribution in [0.1, 0.15) is 138 Å². The highest BCUT2D eigenvalue weighted by molar-refractivity contribution is 5.94. The number of hydrogen-bond acceptors (Lipinski definition) is 6. The molecule has 1 aromatic heterocycles. The van der Waals surface area contributed by atoms with Crippen LogP contribution < -0.4 is 10.6 Å². The number of benzene rings is 1. The molecule has 9 nitrogen and oxygen atoms in total. The van der Waals surface area contributed by atoms with E-state index in [1.165, 1.54) is 24.8 Å². The second-order valence-electron chi connectivity index (χ2n) is 19.0. The third kappa shape index (κ3) is 5.90. The van der Waals surface area contributed by atoms with Gasteiger partial charge in [-0.05, 0) is 146 Å². The highest BCUT2D eigenvalue weighted by atomic mass is 16.4. The van der Waals surface area contributed by atoms with Crippen molar-refractivity contribution < 1.29 is 29.0 Å². The van der Waals surface area contributed by atoms with E-state index in [1.54, 1.807) is 6.07 Å². The van der Waals surface area contributed by atoms with Gasteiger partial charge in [0.25, 0.3) is 5.91 Å². The van der Waals surface area contributed by atoms with Crippen LogP contribution in [0.25, 0.3) is 0 Å². The smallest absolute Gasteiger partial charge is 0.357 e. The number of nitrogens with one attached hydrogen (secondary N) is 2. The Hall–Kier alpha value is -3.46. The fraction of sp³-hybridized carbons (Fsp3) is 0.682. The molecule has 2 amide bonds. The van der Waals surface area contributed by atoms with E-state index in [1.807, 2.05) is 18.2 Å². The largest absolute Gasteiger partial charge is 0.476 e. The molecule has 5 aliphatic carbocycles. The van der Waals surface area contributed by atoms with Gasteiger partial charge in [0.1, 0.15) is 6.26 Å². The summed E-state index contributed by atoms with van der Waals surface area (Å²) in [7, 11) is 0. The van der Waals surface area contributed by atoms with E-state index in [0.29, 0.717) is 42.2 Å². The van der Waals surface area contributed by atoms with Crippen molar-refractivity contribution in [1.29, 1.82) is 0 Å². The van der Waals surface area contributed by atoms with Crippen LogP contribution in [0.3, 0.4) is 0 Å². The maximum atomic E-state index is 14.6. The molecule has 9 unspecified atom stereocenters. The lowest BCUT2D eigenvalue weighted by molar-refractivity contribution is -0.246. The Bertz CT molecular complexity index is 1780. The SMILES string of the molecule is C=C(C)C1CCC2(C(=O)NCCc3cccc(C(=O)NCc4nc(C(=O)O)co4)c3)CC[C@]3(C)C(CCC4C5(C)CCC(O)C(C)(C)C5CCC43C)C12. The second kappa shape index (κ2) is 13.4. The molecule has 288 valence electrons. The van der Waals surface area contributed by atoms with E-state index in [4.69, 9.17) is 9.52 Å². The van der Waals surface area contributed by atoms with Crippen LogP contribution >= 0.6 is 0 Å². The summed E-state index contributed by atoms with van der Waals surface area (Å²) in [6.07, 6.45) is 12.1. The number of oxazole rings is 1. The zero-order valence-electron chi connectivity index (χ0n) is 32.7. The Balaban J connectivity index is 1.05. The van der Waals surface area contributed by atoms with Crippen molar-refractivity contribution in [2.45, 2.75) is 125 Å². The summed E-state index contributed by atoms with van der Waals surface area (Å²) in [5, 5.41) is 26.3. The van der Waals surface area contributed by atoms with E-state index < -0.39 is 11.4 Å². The summed E-state index contributed by atoms with van der Waals surface area (Å²) in [5.41, 5.74) is 2.54. The van der Waals surface area contributed by atoms with Crippen molar-refractivity contribution in [3.8, 4) is 0 Å². The first-order valence-corrected chi connectivity index (χ1v) is 20.1. The molecule has 5 aliphatic rings. The van der Waals surface area contributed by atoms with Crippen LogP contribution in [0.4, 0.5) is 0 Å². The summed E-state index contributed by atoms with van der Waals surface area (Å²) in [6.45, 7) is 19.6. The minimum Gasteiger partial charge on any atom is -0.476 e. The molecule has 2 aromatic rings. The molecular weight excluding hydrogens is 666 g/mol. The molecule has 4 N–H and O–H groups in total. The summed E-state index contributed by atoms with van der Waals surface area (Å²) < 4.78 is 5.15. The predicted molar refractivity (Wildman–Crippen MR) is 203 cm³/mol. The van der Waals surface area contributed by atoms with Crippen molar-refractivity contribution in [2.75, 3.05) is 6.54 Å². The van der Waals surface area contributed by atoms with Gasteiger partial charge in [-0.3, -0.25) is 9.59 Å². The number of hydrogen-bond donors (Lipinski definition) is 4. The van der Waals surface area contributed by atoms with E-state index in [2.05, 4.69) is 63.7 Å². The number of fused-ring (bicyclic) bond motifs is 7. The summed E-state index contributed by atoms with van der Waals surface area (Å²) in [4.78, 5) is 42.4. The molecule has 53 heavy (non-hydrogen) atoms. The van der Waals surface area contributed by atoms with Gasteiger partial charge < -0.3 is 25.3 Å². The number of aromatic carboxylic acids is 1. The summed E-state index contributed by atoms with van der Waals surface area (Å²) >= 11 is 0. The van der Waals surface area contributed by atoms with Crippen LogP contribution in [0.5, 0.6) is 0 Å². The van der Waals surface area contributed by atoms with Crippen molar-refractivity contribution in [3.05, 3.63) is 65.4 Å². The fourth-order valence-corrected chi connectivity index (χ4v) is 13.6. The number of carboxylic acid groups (broad SMARTS) is 1. The minimum absolute atomic E-state index is 0.0250. The zero-order valence-corrected chi connectivity index (χ0v) is 32.7. The lowest BCUT2D eigenvalue weighted by Crippen LogP contribution is -2.67. The van der Waals surface area contributed by atoms with E-state index in [-0.39, 0.29) is 63.6 Å². The van der Waals surface area contributed by atoms with Gasteiger partial charge in [0, 0.05) is 12.1 Å². The van der Waals surface area contributed by atoms with Crippen LogP contribution in [0, 0.1) is 56.7 Å². The first-order chi connectivity index (χ1) is 25.0. The average molecular weight is 728 g/mol. The molecule has 5 fully saturated rings. The molecule has 9 heteroatoms. The number of aliphatic hydroxyl groups excluding tert-OH is 1. The number of rotatable bonds is 9. The number of amides is 2. The molecule has 0 bridgehead atoms. The van der Waals surface area contributed by atoms with E-state index >= 15 is 0 Å². The molecule has 0 radical (unpaired) electrons. The molecule has 1 aromatic carbocycles. The summed E-state index contributed by atoms with van der Waals surface area (Å²) in [5.74, 6) is 1.07. The van der Waals surface area contributed by atoms with E-state index in [9.17, 15) is 19.5 Å². The number of nitrogens with zero attached hydrogens (tertiary/aromatic N) is 1. The van der Waals surface area contributed by atoms with Gasteiger partial charge in [-0.15, -0.1) is 0 Å². The minimum atomic E-state index is -1.19. The van der Waals surface area contributed by atoms with Crippen molar-refractivity contribution >= 4 is 17.8 Å². The average Bonchev–Trinajstić information content (AvgIpc) is 3.76. The van der Waals surface area contributed by atoms with Crippen LogP contribution in [-0.4, -0.2) is 45.6 Å². The Labute approximate surface area is 315 Å². The van der Waals surface area contributed by atoms with Crippen LogP contribution in [0.2, 0.25) is 0 Å². The van der Waals surface area contributed by atoms with E-state index in [0.717, 1.165) is 56.8 Å². The Morgan fingerprint density at radius 1 is 0.925 bits per heavy atom. The molecular formula is C44H61N3O6. The number of aliphatic hydroxyl groups is 1. The Morgan fingerprint density at radius 3 is 2.42 bits per heavy atom. The topological polar surface area (TPSA) is 142 Å². The lowest BCUT2D eigenvalue weighted by atomic mass is 9.32. The molecule has 10 atom stereocenters. The first-order valence-electron chi connectivity index (χ1n) is 20.1. The highest BCUT2D eigenvalue weighted by Gasteiger charge is 2.71. The van der Waals surface area contributed by atoms with Crippen LogP contribution in [0.15, 0.2) is 47.1 Å². The van der Waals surface area contributed by atoms with Gasteiger partial charge in [-0.1, -0.05) is 58.9 Å². The number of aromatic nitrogens is 1. The first kappa shape index (κ1) is 37.8. The molecule has 0 spiro atoms. The molecule has 0 saturated heterocycles. The van der Waals surface area contributed by atoms with Crippen LogP contribution in [-0.2, 0) is 17.8 Å². The van der Waals surface area contributed by atoms with Crippen molar-refractivity contribution in [2.24, 2.45) is 56.7 Å². The standard InChI is InChI=1S/C44H61N3O6/c1-26(2)29-13-19-44(39(52)45-22-16-27-9-8-10-28(23-27)37(49)46-24-35-47-31(25-53-35)38(50)51)21-20-42(6)30(36(29)44)11-12-33-41(5)17-15-34(48)40(3,4)32(41)14-18-43(33,42)7/h8-10,23,25,29-30,32-34,36,48H,1,11-22,24H2,2-7H3,(H,45,52)(H,46,49)(H,50,51)/t29?,30?,32?,33?,34?,36?,41?,42-,43?,44?/m1/s1. The summed E-state index contributed by atoms with van der Waals surface area (Å²) in [6, 6.07) is 7.38. The van der Waals surface area contributed by atoms with Gasteiger partial charge >= 0.3 is 5.97 Å². The highest BCUT2D eigenvalue weighted by Crippen LogP contribution is 2.77. The number of carbonyl (C=O) groups is 3. The fourth-order valence-electron chi connectivity index (χ4n) is 13.6. The monoisotopic (exact) mass is 727 g/mol. The third-order valence-corrected chi connectivity index (χ3v) is 16.6. The Morgan fingerprint density at radius 2 is 1.70 bits per heavy atom. The quantitative estimate of drug-likeness (QED) is 0.192. The maximum Gasteiger partial charge on any atom is 0.357 e. The van der Waals surface area contributed by atoms with Crippen molar-refractivity contribution in [1.82, 2.24) is 15.6 Å². The molecule has 1 heterocycles. The molecule has 7 rings (SSSR count). The number of allylic oxidation sites excluding steroid dienone is 1. The second-order valence-corrected chi connectivity index (χ2v) is 19.0. The van der Waals surface area contributed by atoms with Gasteiger partial charge in [0.05, 0.1) is 18.1 Å². The maximum absolute atomic E-state index is 14.6. The van der Waals surface area contributed by atoms with Crippen molar-refractivity contribution in [3.63, 3.8) is 0 Å². The number of carboxylic acids is 1. The third-order valence-electron chi connectivity index (χ3n) is 16.6. The lowest BCUT2D eigenvalue weighted by Gasteiger charge is -2.72. The normalized spacial score (nSPS) is 38.4. The molecule has 0 aliphatic heterocycles. The van der Waals surface area contributed by atoms with Gasteiger partial charge in [-0.25, -0.2) is 9.78 Å². The Kier molecular flexibility index (Phi) is 9.55. The van der Waals surface area contributed by atoms with Gasteiger partial charge in [0.2, 0.25) is 11.8 Å². The zero-order chi connectivity index (χ0) is 38.1. The molecule has 5 saturated carbocycles. The van der Waals surface area contributed by atoms with Gasteiger partial charge in [0.15, 0.2) is 5.69 Å². The predicted octanol–water partition coefficient (Wildman–Crippen LogP) is 7.98.